The molecule has 1 atom stereocenters. The second-order valence-corrected chi connectivity index (χ2v) is 5.91. The van der Waals surface area contributed by atoms with E-state index in [1.165, 1.54) is 38.5 Å². The predicted molar refractivity (Wildman–Crippen MR) is 86.3 cm³/mol. The molecule has 1 nitrogen and oxygen atoms in total. The summed E-state index contributed by atoms with van der Waals surface area (Å²) in [7, 11) is 1.99. The third kappa shape index (κ3) is 6.16. The zero-order chi connectivity index (χ0) is 14.1. The van der Waals surface area contributed by atoms with Crippen LogP contribution < -0.4 is 5.32 Å². The maximum Gasteiger partial charge on any atom is 0.0454 e. The monoisotopic (exact) mass is 301 g/mol. The third-order valence-corrected chi connectivity index (χ3v) is 4.11. The van der Waals surface area contributed by atoms with E-state index in [2.05, 4.69) is 12.2 Å². The first-order valence-electron chi connectivity index (χ1n) is 7.31. The van der Waals surface area contributed by atoms with E-state index in [0.29, 0.717) is 6.04 Å². The minimum absolute atomic E-state index is 0.303. The van der Waals surface area contributed by atoms with Gasteiger partial charge in [-0.1, -0.05) is 68.7 Å². The van der Waals surface area contributed by atoms with Gasteiger partial charge in [-0.25, -0.2) is 0 Å². The summed E-state index contributed by atoms with van der Waals surface area (Å²) in [5, 5.41) is 4.90. The predicted octanol–water partition coefficient (Wildman–Crippen LogP) is 6.00. The molecule has 0 saturated heterocycles. The minimum Gasteiger partial charge on any atom is -0.313 e. The minimum atomic E-state index is 0.303. The SMILES string of the molecule is CCCCCCCCC(NC)c1cc(Cl)ccc1Cl. The molecule has 0 aliphatic rings. The van der Waals surface area contributed by atoms with Crippen LogP contribution in [0.2, 0.25) is 10.0 Å². The molecule has 0 fully saturated rings. The van der Waals surface area contributed by atoms with Gasteiger partial charge in [0.05, 0.1) is 0 Å². The Morgan fingerprint density at radius 1 is 1.05 bits per heavy atom. The van der Waals surface area contributed by atoms with Crippen molar-refractivity contribution in [2.75, 3.05) is 7.05 Å². The van der Waals surface area contributed by atoms with Gasteiger partial charge in [-0.15, -0.1) is 0 Å². The Labute approximate surface area is 127 Å². The van der Waals surface area contributed by atoms with Crippen LogP contribution in [0.1, 0.15) is 63.5 Å². The van der Waals surface area contributed by atoms with Crippen LogP contribution in [0, 0.1) is 0 Å². The Bertz CT molecular complexity index is 366. The van der Waals surface area contributed by atoms with E-state index >= 15 is 0 Å². The van der Waals surface area contributed by atoms with Crippen molar-refractivity contribution < 1.29 is 0 Å². The van der Waals surface area contributed by atoms with Crippen molar-refractivity contribution in [3.05, 3.63) is 33.8 Å². The largest absolute Gasteiger partial charge is 0.313 e. The summed E-state index contributed by atoms with van der Waals surface area (Å²) in [6.07, 6.45) is 9.01. The fraction of sp³-hybridized carbons (Fsp3) is 0.625. The molecule has 1 unspecified atom stereocenters. The van der Waals surface area contributed by atoms with Crippen LogP contribution in [0.25, 0.3) is 0 Å². The van der Waals surface area contributed by atoms with Gasteiger partial charge in [0.1, 0.15) is 0 Å². The van der Waals surface area contributed by atoms with Gasteiger partial charge in [0.2, 0.25) is 0 Å². The standard InChI is InChI=1S/C16H25Cl2N/c1-3-4-5-6-7-8-9-16(19-2)14-12-13(17)10-11-15(14)18/h10-12,16,19H,3-9H2,1-2H3. The van der Waals surface area contributed by atoms with Crippen LogP contribution in [0.3, 0.4) is 0 Å². The smallest absolute Gasteiger partial charge is 0.0454 e. The van der Waals surface area contributed by atoms with E-state index in [4.69, 9.17) is 23.2 Å². The lowest BCUT2D eigenvalue weighted by Crippen LogP contribution is -2.16. The van der Waals surface area contributed by atoms with Crippen LogP contribution >= 0.6 is 23.2 Å². The number of halogens is 2. The molecule has 0 aliphatic heterocycles. The maximum absolute atomic E-state index is 6.25. The topological polar surface area (TPSA) is 12.0 Å². The van der Waals surface area contributed by atoms with E-state index in [9.17, 15) is 0 Å². The Morgan fingerprint density at radius 3 is 2.42 bits per heavy atom. The molecule has 0 radical (unpaired) electrons. The van der Waals surface area contributed by atoms with Gasteiger partial charge in [0.25, 0.3) is 0 Å². The molecule has 108 valence electrons. The Kier molecular flexibility index (Phi) is 8.52. The van der Waals surface area contributed by atoms with Crippen molar-refractivity contribution in [3.8, 4) is 0 Å². The summed E-state index contributed by atoms with van der Waals surface area (Å²) in [6, 6.07) is 6.00. The number of hydrogen-bond donors (Lipinski definition) is 1. The molecule has 0 spiro atoms. The summed E-state index contributed by atoms with van der Waals surface area (Å²) < 4.78 is 0. The number of nitrogens with one attached hydrogen (secondary N) is 1. The lowest BCUT2D eigenvalue weighted by Gasteiger charge is -2.18. The maximum atomic E-state index is 6.25. The number of benzene rings is 1. The molecule has 1 aromatic carbocycles. The second kappa shape index (κ2) is 9.63. The molecule has 1 aromatic rings. The first kappa shape index (κ1) is 16.8. The highest BCUT2D eigenvalue weighted by Gasteiger charge is 2.12. The highest BCUT2D eigenvalue weighted by molar-refractivity contribution is 6.33. The van der Waals surface area contributed by atoms with Crippen LogP contribution in [0.15, 0.2) is 18.2 Å². The molecular formula is C16H25Cl2N. The van der Waals surface area contributed by atoms with E-state index in [1.807, 2.05) is 25.2 Å². The van der Waals surface area contributed by atoms with Gasteiger partial charge in [-0.2, -0.15) is 0 Å². The fourth-order valence-electron chi connectivity index (χ4n) is 2.37. The molecule has 0 aromatic heterocycles. The molecule has 0 heterocycles. The van der Waals surface area contributed by atoms with Gasteiger partial charge in [0, 0.05) is 16.1 Å². The molecule has 0 amide bonds. The summed E-state index contributed by atoms with van der Waals surface area (Å²) in [4.78, 5) is 0. The second-order valence-electron chi connectivity index (χ2n) is 5.06. The number of unbranched alkanes of at least 4 members (excludes halogenated alkanes) is 5. The summed E-state index contributed by atoms with van der Waals surface area (Å²) in [6.45, 7) is 2.25. The van der Waals surface area contributed by atoms with Crippen LogP contribution in [-0.2, 0) is 0 Å². The number of rotatable bonds is 9. The molecule has 1 N–H and O–H groups in total. The molecule has 3 heteroatoms. The average Bonchev–Trinajstić information content (AvgIpc) is 2.41. The summed E-state index contributed by atoms with van der Waals surface area (Å²) in [5.41, 5.74) is 1.12. The van der Waals surface area contributed by atoms with Crippen molar-refractivity contribution in [2.24, 2.45) is 0 Å². The van der Waals surface area contributed by atoms with Gasteiger partial charge in [0.15, 0.2) is 0 Å². The van der Waals surface area contributed by atoms with Gasteiger partial charge in [-0.05, 0) is 37.2 Å². The first-order valence-corrected chi connectivity index (χ1v) is 8.06. The quantitative estimate of drug-likeness (QED) is 0.551. The van der Waals surface area contributed by atoms with E-state index in [1.54, 1.807) is 0 Å². The Hall–Kier alpha value is -0.240. The lowest BCUT2D eigenvalue weighted by molar-refractivity contribution is 0.498. The lowest BCUT2D eigenvalue weighted by atomic mass is 9.99. The third-order valence-electron chi connectivity index (χ3n) is 3.53. The summed E-state index contributed by atoms with van der Waals surface area (Å²) >= 11 is 12.3. The normalized spacial score (nSPS) is 12.6. The Balaban J connectivity index is 2.42. The molecule has 0 aliphatic carbocycles. The van der Waals surface area contributed by atoms with Gasteiger partial charge in [-0.3, -0.25) is 0 Å². The zero-order valence-electron chi connectivity index (χ0n) is 12.0. The van der Waals surface area contributed by atoms with Crippen molar-refractivity contribution in [2.45, 2.75) is 57.9 Å². The molecule has 1 rings (SSSR count). The van der Waals surface area contributed by atoms with Crippen LogP contribution in [-0.4, -0.2) is 7.05 Å². The number of hydrogen-bond acceptors (Lipinski definition) is 1. The Morgan fingerprint density at radius 2 is 1.74 bits per heavy atom. The zero-order valence-corrected chi connectivity index (χ0v) is 13.5. The molecule has 19 heavy (non-hydrogen) atoms. The van der Waals surface area contributed by atoms with Gasteiger partial charge < -0.3 is 5.32 Å². The van der Waals surface area contributed by atoms with Crippen molar-refractivity contribution in [1.29, 1.82) is 0 Å². The van der Waals surface area contributed by atoms with Crippen LogP contribution in [0.4, 0.5) is 0 Å². The van der Waals surface area contributed by atoms with E-state index in [0.717, 1.165) is 22.0 Å². The van der Waals surface area contributed by atoms with Crippen LogP contribution in [0.5, 0.6) is 0 Å². The van der Waals surface area contributed by atoms with Crippen molar-refractivity contribution >= 4 is 23.2 Å². The highest BCUT2D eigenvalue weighted by atomic mass is 35.5. The molecule has 0 saturated carbocycles. The van der Waals surface area contributed by atoms with Crippen molar-refractivity contribution in [3.63, 3.8) is 0 Å². The van der Waals surface area contributed by atoms with E-state index in [-0.39, 0.29) is 0 Å². The first-order chi connectivity index (χ1) is 9.19. The molecular weight excluding hydrogens is 277 g/mol. The van der Waals surface area contributed by atoms with Crippen molar-refractivity contribution in [1.82, 2.24) is 5.32 Å². The average molecular weight is 302 g/mol. The highest BCUT2D eigenvalue weighted by Crippen LogP contribution is 2.29. The molecule has 0 bridgehead atoms. The fourth-order valence-corrected chi connectivity index (χ4v) is 2.80. The van der Waals surface area contributed by atoms with E-state index < -0.39 is 0 Å². The van der Waals surface area contributed by atoms with Gasteiger partial charge >= 0.3 is 0 Å². The summed E-state index contributed by atoms with van der Waals surface area (Å²) in [5.74, 6) is 0.